The third-order valence-electron chi connectivity index (χ3n) is 4.59. The predicted molar refractivity (Wildman–Crippen MR) is 77.9 cm³/mol. The van der Waals surface area contributed by atoms with Gasteiger partial charge in [0.1, 0.15) is 0 Å². The van der Waals surface area contributed by atoms with E-state index in [2.05, 4.69) is 0 Å². The highest BCUT2D eigenvalue weighted by Crippen LogP contribution is 2.41. The summed E-state index contributed by atoms with van der Waals surface area (Å²) in [7, 11) is 0. The molecule has 2 fully saturated rings. The van der Waals surface area contributed by atoms with Crippen LogP contribution >= 0.6 is 11.6 Å². The van der Waals surface area contributed by atoms with Crippen molar-refractivity contribution < 1.29 is 14.6 Å². The van der Waals surface area contributed by atoms with Gasteiger partial charge in [-0.3, -0.25) is 0 Å². The summed E-state index contributed by atoms with van der Waals surface area (Å²) in [6, 6.07) is 7.51. The van der Waals surface area contributed by atoms with Gasteiger partial charge >= 0.3 is 0 Å². The van der Waals surface area contributed by atoms with Crippen LogP contribution in [0.1, 0.15) is 37.4 Å². The van der Waals surface area contributed by atoms with Gasteiger partial charge in [0, 0.05) is 24.8 Å². The second-order valence-corrected chi connectivity index (χ2v) is 6.33. The summed E-state index contributed by atoms with van der Waals surface area (Å²) < 4.78 is 11.5. The Bertz CT molecular complexity index is 434. The van der Waals surface area contributed by atoms with Crippen LogP contribution in [0, 0.1) is 5.92 Å². The van der Waals surface area contributed by atoms with Gasteiger partial charge in [-0.2, -0.15) is 0 Å². The molecule has 2 saturated heterocycles. The molecule has 20 heavy (non-hydrogen) atoms. The molecule has 4 heteroatoms. The summed E-state index contributed by atoms with van der Waals surface area (Å²) in [4.78, 5) is 0. The third-order valence-corrected chi connectivity index (χ3v) is 4.85. The summed E-state index contributed by atoms with van der Waals surface area (Å²) >= 11 is 5.90. The predicted octanol–water partition coefficient (Wildman–Crippen LogP) is 3.35. The van der Waals surface area contributed by atoms with Crippen LogP contribution in [0.2, 0.25) is 5.02 Å². The van der Waals surface area contributed by atoms with Crippen molar-refractivity contribution in [3.8, 4) is 0 Å². The molecule has 0 aliphatic carbocycles. The van der Waals surface area contributed by atoms with E-state index in [1.165, 1.54) is 0 Å². The number of aliphatic hydroxyl groups excluding tert-OH is 1. The first-order chi connectivity index (χ1) is 9.69. The van der Waals surface area contributed by atoms with Crippen molar-refractivity contribution in [3.63, 3.8) is 0 Å². The average molecular weight is 297 g/mol. The number of halogens is 1. The number of rotatable bonds is 2. The van der Waals surface area contributed by atoms with Gasteiger partial charge in [-0.25, -0.2) is 0 Å². The summed E-state index contributed by atoms with van der Waals surface area (Å²) in [6.07, 6.45) is 3.27. The Morgan fingerprint density at radius 2 is 1.85 bits per heavy atom. The molecule has 0 saturated carbocycles. The van der Waals surface area contributed by atoms with Gasteiger partial charge in [0.2, 0.25) is 0 Å². The van der Waals surface area contributed by atoms with Gasteiger partial charge in [0.25, 0.3) is 0 Å². The minimum absolute atomic E-state index is 0.0748. The van der Waals surface area contributed by atoms with Crippen molar-refractivity contribution >= 4 is 11.6 Å². The minimum Gasteiger partial charge on any atom is -0.388 e. The number of ether oxygens (including phenoxy) is 2. The van der Waals surface area contributed by atoms with Crippen molar-refractivity contribution in [1.82, 2.24) is 0 Å². The smallest absolute Gasteiger partial charge is 0.0820 e. The Balaban J connectivity index is 1.71. The number of hydrogen-bond donors (Lipinski definition) is 1. The Hall–Kier alpha value is -0.610. The Morgan fingerprint density at radius 3 is 2.55 bits per heavy atom. The SMILES string of the molecule is OC(c1ccc(Cl)cc1)C1CCOC2(CCOCC2)C1. The van der Waals surface area contributed by atoms with Gasteiger partial charge < -0.3 is 14.6 Å². The quantitative estimate of drug-likeness (QED) is 0.909. The molecule has 3 nitrogen and oxygen atoms in total. The van der Waals surface area contributed by atoms with Crippen LogP contribution in [0.15, 0.2) is 24.3 Å². The van der Waals surface area contributed by atoms with Crippen LogP contribution in [-0.4, -0.2) is 30.5 Å². The standard InChI is InChI=1S/C16H21ClO3/c17-14-3-1-12(2-4-14)15(18)13-5-8-20-16(11-13)6-9-19-10-7-16/h1-4,13,15,18H,5-11H2. The highest BCUT2D eigenvalue weighted by Gasteiger charge is 2.41. The molecule has 2 atom stereocenters. The lowest BCUT2D eigenvalue weighted by Crippen LogP contribution is -2.45. The lowest BCUT2D eigenvalue weighted by atomic mass is 9.77. The van der Waals surface area contributed by atoms with Crippen molar-refractivity contribution in [1.29, 1.82) is 0 Å². The van der Waals surface area contributed by atoms with E-state index in [0.717, 1.165) is 51.1 Å². The number of hydrogen-bond acceptors (Lipinski definition) is 3. The maximum Gasteiger partial charge on any atom is 0.0820 e. The van der Waals surface area contributed by atoms with E-state index in [9.17, 15) is 5.11 Å². The molecule has 1 aromatic carbocycles. The normalized spacial score (nSPS) is 27.4. The summed E-state index contributed by atoms with van der Waals surface area (Å²) in [5.41, 5.74) is 0.873. The second kappa shape index (κ2) is 6.02. The maximum absolute atomic E-state index is 10.6. The first kappa shape index (κ1) is 14.3. The zero-order valence-corrected chi connectivity index (χ0v) is 12.3. The molecule has 0 radical (unpaired) electrons. The first-order valence-electron chi connectivity index (χ1n) is 7.34. The highest BCUT2D eigenvalue weighted by atomic mass is 35.5. The Kier molecular flexibility index (Phi) is 4.32. The van der Waals surface area contributed by atoms with E-state index in [4.69, 9.17) is 21.1 Å². The Labute approximate surface area is 124 Å². The molecule has 110 valence electrons. The fourth-order valence-electron chi connectivity index (χ4n) is 3.36. The van der Waals surface area contributed by atoms with Gasteiger partial charge in [-0.1, -0.05) is 23.7 Å². The van der Waals surface area contributed by atoms with Crippen molar-refractivity contribution in [2.45, 2.75) is 37.4 Å². The Morgan fingerprint density at radius 1 is 1.15 bits per heavy atom. The zero-order valence-electron chi connectivity index (χ0n) is 11.6. The van der Waals surface area contributed by atoms with Crippen LogP contribution in [0.5, 0.6) is 0 Å². The lowest BCUT2D eigenvalue weighted by molar-refractivity contribution is -0.159. The monoisotopic (exact) mass is 296 g/mol. The molecular weight excluding hydrogens is 276 g/mol. The number of benzene rings is 1. The zero-order chi connectivity index (χ0) is 14.0. The van der Waals surface area contributed by atoms with E-state index >= 15 is 0 Å². The molecule has 3 rings (SSSR count). The van der Waals surface area contributed by atoms with Crippen LogP contribution in [0.4, 0.5) is 0 Å². The molecule has 0 bridgehead atoms. The largest absolute Gasteiger partial charge is 0.388 e. The van der Waals surface area contributed by atoms with E-state index < -0.39 is 6.10 Å². The van der Waals surface area contributed by atoms with E-state index in [-0.39, 0.29) is 11.5 Å². The maximum atomic E-state index is 10.6. The molecule has 2 aliphatic heterocycles. The minimum atomic E-state index is -0.434. The van der Waals surface area contributed by atoms with Crippen LogP contribution in [0.3, 0.4) is 0 Å². The summed E-state index contributed by atoms with van der Waals surface area (Å²) in [5.74, 6) is 0.253. The van der Waals surface area contributed by atoms with Gasteiger partial charge in [0.05, 0.1) is 11.7 Å². The molecule has 2 heterocycles. The number of aliphatic hydroxyl groups is 1. The summed E-state index contributed by atoms with van der Waals surface area (Å²) in [6.45, 7) is 2.27. The molecule has 0 amide bonds. The first-order valence-corrected chi connectivity index (χ1v) is 7.72. The topological polar surface area (TPSA) is 38.7 Å². The van der Waals surface area contributed by atoms with E-state index in [0.29, 0.717) is 5.02 Å². The molecular formula is C16H21ClO3. The molecule has 1 N–H and O–H groups in total. The van der Waals surface area contributed by atoms with Crippen LogP contribution < -0.4 is 0 Å². The molecule has 1 aromatic rings. The van der Waals surface area contributed by atoms with Crippen molar-refractivity contribution in [2.75, 3.05) is 19.8 Å². The van der Waals surface area contributed by atoms with Crippen LogP contribution in [0.25, 0.3) is 0 Å². The fourth-order valence-corrected chi connectivity index (χ4v) is 3.49. The third kappa shape index (κ3) is 3.01. The second-order valence-electron chi connectivity index (χ2n) is 5.89. The lowest BCUT2D eigenvalue weighted by Gasteiger charge is -2.44. The fraction of sp³-hybridized carbons (Fsp3) is 0.625. The van der Waals surface area contributed by atoms with Crippen molar-refractivity contribution in [2.24, 2.45) is 5.92 Å². The van der Waals surface area contributed by atoms with E-state index in [1.54, 1.807) is 0 Å². The molecule has 2 unspecified atom stereocenters. The van der Waals surface area contributed by atoms with Crippen molar-refractivity contribution in [3.05, 3.63) is 34.9 Å². The van der Waals surface area contributed by atoms with Crippen LogP contribution in [-0.2, 0) is 9.47 Å². The molecule has 2 aliphatic rings. The van der Waals surface area contributed by atoms with Gasteiger partial charge in [0.15, 0.2) is 0 Å². The summed E-state index contributed by atoms with van der Waals surface area (Å²) in [5, 5.41) is 11.3. The molecule has 1 spiro atoms. The molecule has 0 aromatic heterocycles. The van der Waals surface area contributed by atoms with Gasteiger partial charge in [-0.15, -0.1) is 0 Å². The van der Waals surface area contributed by atoms with E-state index in [1.807, 2.05) is 24.3 Å². The van der Waals surface area contributed by atoms with Gasteiger partial charge in [-0.05, 0) is 49.3 Å². The average Bonchev–Trinajstić information content (AvgIpc) is 2.48. The highest BCUT2D eigenvalue weighted by molar-refractivity contribution is 6.30.